The first-order valence-electron chi connectivity index (χ1n) is 4.05. The first-order valence-corrected chi connectivity index (χ1v) is 5.51. The Kier molecular flexibility index (Phi) is 2.92. The molecule has 1 aromatic carbocycles. The van der Waals surface area contributed by atoms with Crippen molar-refractivity contribution in [3.63, 3.8) is 0 Å². The molecule has 0 amide bonds. The zero-order valence-corrected chi connectivity index (χ0v) is 10.4. The summed E-state index contributed by atoms with van der Waals surface area (Å²) in [5, 5.41) is 0.543. The van der Waals surface area contributed by atoms with Gasteiger partial charge in [0, 0.05) is 0 Å². The Morgan fingerprint density at radius 1 is 1.36 bits per heavy atom. The van der Waals surface area contributed by atoms with Crippen molar-refractivity contribution in [2.24, 2.45) is 0 Å². The van der Waals surface area contributed by atoms with E-state index < -0.39 is 0 Å². The van der Waals surface area contributed by atoms with Crippen molar-refractivity contribution in [3.8, 4) is 17.2 Å². The summed E-state index contributed by atoms with van der Waals surface area (Å²) >= 11 is 8.16. The summed E-state index contributed by atoms with van der Waals surface area (Å²) in [4.78, 5) is 0. The Labute approximate surface area is 100 Å². The fraction of sp³-hybridized carbons (Fsp3) is 0.333. The summed E-state index contributed by atoms with van der Waals surface area (Å²) in [5.41, 5.74) is 0. The minimum absolute atomic E-state index is 0.528. The summed E-state index contributed by atoms with van der Waals surface area (Å²) in [6.45, 7) is 1.09. The third-order valence-electron chi connectivity index (χ3n) is 1.88. The Morgan fingerprint density at radius 3 is 2.64 bits per heavy atom. The van der Waals surface area contributed by atoms with Crippen LogP contribution < -0.4 is 14.2 Å². The molecule has 0 atom stereocenters. The van der Waals surface area contributed by atoms with Crippen LogP contribution in [-0.2, 0) is 0 Å². The Morgan fingerprint density at radius 2 is 2.00 bits per heavy atom. The summed E-state index contributed by atoms with van der Waals surface area (Å²) in [6, 6.07) is 1.80. The highest BCUT2D eigenvalue weighted by atomic mass is 127. The molecule has 0 bridgehead atoms. The van der Waals surface area contributed by atoms with Crippen molar-refractivity contribution < 1.29 is 14.2 Å². The summed E-state index contributed by atoms with van der Waals surface area (Å²) in [7, 11) is 1.56. The van der Waals surface area contributed by atoms with Crippen molar-refractivity contribution in [3.05, 3.63) is 14.7 Å². The molecule has 1 aromatic rings. The van der Waals surface area contributed by atoms with Gasteiger partial charge in [-0.3, -0.25) is 0 Å². The van der Waals surface area contributed by atoms with E-state index in [0.717, 1.165) is 9.32 Å². The number of methoxy groups -OCH3 is 1. The van der Waals surface area contributed by atoms with Crippen LogP contribution in [0, 0.1) is 3.57 Å². The first-order chi connectivity index (χ1) is 6.74. The van der Waals surface area contributed by atoms with E-state index in [1.165, 1.54) is 0 Å². The molecule has 0 fully saturated rings. The summed E-state index contributed by atoms with van der Waals surface area (Å²) < 4.78 is 17.0. The molecule has 1 heterocycles. The van der Waals surface area contributed by atoms with Gasteiger partial charge >= 0.3 is 0 Å². The van der Waals surface area contributed by atoms with Gasteiger partial charge in [0.2, 0.25) is 5.75 Å². The highest BCUT2D eigenvalue weighted by molar-refractivity contribution is 14.1. The lowest BCUT2D eigenvalue weighted by molar-refractivity contribution is 0.164. The second-order valence-corrected chi connectivity index (χ2v) is 4.30. The highest BCUT2D eigenvalue weighted by Gasteiger charge is 2.22. The largest absolute Gasteiger partial charge is 0.491 e. The van der Waals surface area contributed by atoms with Crippen molar-refractivity contribution in [2.45, 2.75) is 0 Å². The van der Waals surface area contributed by atoms with Gasteiger partial charge in [0.1, 0.15) is 13.2 Å². The fourth-order valence-electron chi connectivity index (χ4n) is 1.31. The van der Waals surface area contributed by atoms with Gasteiger partial charge in [0.15, 0.2) is 11.5 Å². The smallest absolute Gasteiger partial charge is 0.206 e. The Bertz CT molecular complexity index is 347. The fourth-order valence-corrected chi connectivity index (χ4v) is 2.47. The van der Waals surface area contributed by atoms with Crippen molar-refractivity contribution in [2.75, 3.05) is 20.3 Å². The molecular weight excluding hydrogens is 318 g/mol. The first kappa shape index (κ1) is 10.2. The minimum Gasteiger partial charge on any atom is -0.491 e. The summed E-state index contributed by atoms with van der Waals surface area (Å²) in [5.74, 6) is 1.87. The molecule has 3 nitrogen and oxygen atoms in total. The maximum absolute atomic E-state index is 6.00. The average Bonchev–Trinajstić information content (AvgIpc) is 2.18. The van der Waals surface area contributed by atoms with Crippen LogP contribution in [-0.4, -0.2) is 20.3 Å². The van der Waals surface area contributed by atoms with Crippen LogP contribution in [0.25, 0.3) is 0 Å². The van der Waals surface area contributed by atoms with E-state index >= 15 is 0 Å². The monoisotopic (exact) mass is 326 g/mol. The third kappa shape index (κ3) is 1.61. The molecule has 5 heteroatoms. The van der Waals surface area contributed by atoms with Gasteiger partial charge in [0.05, 0.1) is 15.7 Å². The van der Waals surface area contributed by atoms with Crippen molar-refractivity contribution >= 4 is 34.2 Å². The Hall–Kier alpha value is -0.360. The van der Waals surface area contributed by atoms with Crippen LogP contribution in [0.1, 0.15) is 0 Å². The van der Waals surface area contributed by atoms with E-state index in [4.69, 9.17) is 25.8 Å². The molecule has 0 saturated carbocycles. The molecule has 14 heavy (non-hydrogen) atoms. The molecule has 2 rings (SSSR count). The lowest BCUT2D eigenvalue weighted by atomic mass is 10.3. The zero-order valence-electron chi connectivity index (χ0n) is 7.47. The maximum Gasteiger partial charge on any atom is 0.206 e. The van der Waals surface area contributed by atoms with Gasteiger partial charge in [-0.15, -0.1) is 0 Å². The number of hydrogen-bond acceptors (Lipinski definition) is 3. The van der Waals surface area contributed by atoms with Gasteiger partial charge in [-0.1, -0.05) is 11.6 Å². The molecule has 0 saturated heterocycles. The van der Waals surface area contributed by atoms with Crippen LogP contribution in [0.3, 0.4) is 0 Å². The molecule has 0 aromatic heterocycles. The van der Waals surface area contributed by atoms with Gasteiger partial charge in [-0.05, 0) is 28.7 Å². The number of hydrogen-bond donors (Lipinski definition) is 0. The van der Waals surface area contributed by atoms with E-state index in [-0.39, 0.29) is 0 Å². The maximum atomic E-state index is 6.00. The van der Waals surface area contributed by atoms with E-state index in [1.807, 2.05) is 0 Å². The quantitative estimate of drug-likeness (QED) is 0.743. The van der Waals surface area contributed by atoms with E-state index in [0.29, 0.717) is 29.7 Å². The molecule has 1 aliphatic rings. The SMILES string of the molecule is COc1c(Cl)cc(I)c2c1OCCO2. The van der Waals surface area contributed by atoms with Crippen LogP contribution in [0.15, 0.2) is 6.07 Å². The van der Waals surface area contributed by atoms with E-state index in [2.05, 4.69) is 22.6 Å². The highest BCUT2D eigenvalue weighted by Crippen LogP contribution is 2.46. The number of fused-ring (bicyclic) bond motifs is 1. The second kappa shape index (κ2) is 4.02. The Balaban J connectivity index is 2.61. The third-order valence-corrected chi connectivity index (χ3v) is 2.96. The lowest BCUT2D eigenvalue weighted by Gasteiger charge is -2.22. The van der Waals surface area contributed by atoms with Crippen LogP contribution in [0.2, 0.25) is 5.02 Å². The van der Waals surface area contributed by atoms with Crippen LogP contribution >= 0.6 is 34.2 Å². The molecular formula is C9H8ClIO3. The molecule has 0 radical (unpaired) electrons. The number of ether oxygens (including phenoxy) is 3. The summed E-state index contributed by atoms with van der Waals surface area (Å²) in [6.07, 6.45) is 0. The topological polar surface area (TPSA) is 27.7 Å². The molecule has 0 aliphatic carbocycles. The molecule has 0 spiro atoms. The molecule has 1 aliphatic heterocycles. The predicted octanol–water partition coefficient (Wildman–Crippen LogP) is 2.72. The van der Waals surface area contributed by atoms with Crippen LogP contribution in [0.4, 0.5) is 0 Å². The van der Waals surface area contributed by atoms with Crippen molar-refractivity contribution in [1.29, 1.82) is 0 Å². The predicted molar refractivity (Wildman–Crippen MR) is 61.7 cm³/mol. The molecule has 76 valence electrons. The van der Waals surface area contributed by atoms with E-state index in [9.17, 15) is 0 Å². The second-order valence-electron chi connectivity index (χ2n) is 2.73. The van der Waals surface area contributed by atoms with Gasteiger partial charge in [0.25, 0.3) is 0 Å². The lowest BCUT2D eigenvalue weighted by Crippen LogP contribution is -2.17. The normalized spacial score (nSPS) is 13.9. The zero-order chi connectivity index (χ0) is 10.1. The number of benzene rings is 1. The van der Waals surface area contributed by atoms with E-state index in [1.54, 1.807) is 13.2 Å². The molecule has 0 unspecified atom stereocenters. The van der Waals surface area contributed by atoms with Gasteiger partial charge in [-0.2, -0.15) is 0 Å². The van der Waals surface area contributed by atoms with Gasteiger partial charge in [-0.25, -0.2) is 0 Å². The minimum atomic E-state index is 0.528. The van der Waals surface area contributed by atoms with Gasteiger partial charge < -0.3 is 14.2 Å². The number of rotatable bonds is 1. The van der Waals surface area contributed by atoms with Crippen LogP contribution in [0.5, 0.6) is 17.2 Å². The van der Waals surface area contributed by atoms with Crippen molar-refractivity contribution in [1.82, 2.24) is 0 Å². The number of halogens is 2. The molecule has 0 N–H and O–H groups in total. The standard InChI is InChI=1S/C9H8ClIO3/c1-12-7-5(10)4-6(11)8-9(7)14-3-2-13-8/h4H,2-3H2,1H3. The average molecular weight is 327 g/mol.